The lowest BCUT2D eigenvalue weighted by atomic mass is 10.1. The van der Waals surface area contributed by atoms with Gasteiger partial charge >= 0.3 is 0 Å². The molecule has 0 N–H and O–H groups in total. The third-order valence-electron chi connectivity index (χ3n) is 4.43. The van der Waals surface area contributed by atoms with Gasteiger partial charge in [-0.05, 0) is 55.0 Å². The molecule has 0 spiro atoms. The molecule has 3 nitrogen and oxygen atoms in total. The van der Waals surface area contributed by atoms with Crippen LogP contribution in [0.15, 0.2) is 92.4 Å². The van der Waals surface area contributed by atoms with Gasteiger partial charge in [0.05, 0.1) is 5.69 Å². The van der Waals surface area contributed by atoms with Crippen LogP contribution in [0.5, 0.6) is 0 Å². The Bertz CT molecular complexity index is 1080. The van der Waals surface area contributed by atoms with E-state index in [9.17, 15) is 4.79 Å². The molecule has 0 aliphatic carbocycles. The second kappa shape index (κ2) is 7.86. The van der Waals surface area contributed by atoms with Gasteiger partial charge in [0.2, 0.25) is 0 Å². The van der Waals surface area contributed by atoms with Crippen LogP contribution in [0.3, 0.4) is 0 Å². The SMILES string of the molecule is Cc1ccc(C2=NC(=Cc3ccc(Br)cc3)C(=O)N2c2ccc(Br)cc2)cc1. The molecule has 1 amide bonds. The molecular weight excluding hydrogens is 480 g/mol. The summed E-state index contributed by atoms with van der Waals surface area (Å²) >= 11 is 6.88. The number of rotatable bonds is 3. The van der Waals surface area contributed by atoms with Gasteiger partial charge in [0.15, 0.2) is 0 Å². The van der Waals surface area contributed by atoms with E-state index in [1.165, 1.54) is 0 Å². The Morgan fingerprint density at radius 2 is 1.39 bits per heavy atom. The summed E-state index contributed by atoms with van der Waals surface area (Å²) in [6, 6.07) is 23.5. The van der Waals surface area contributed by atoms with Crippen molar-refractivity contribution in [1.82, 2.24) is 0 Å². The fraction of sp³-hybridized carbons (Fsp3) is 0.0435. The van der Waals surface area contributed by atoms with E-state index in [2.05, 4.69) is 31.9 Å². The van der Waals surface area contributed by atoms with Gasteiger partial charge in [0.25, 0.3) is 5.91 Å². The number of amides is 1. The maximum Gasteiger partial charge on any atom is 0.282 e. The number of anilines is 1. The van der Waals surface area contributed by atoms with E-state index < -0.39 is 0 Å². The molecule has 1 heterocycles. The fourth-order valence-electron chi connectivity index (χ4n) is 2.96. The number of carbonyl (C=O) groups excluding carboxylic acids is 1. The van der Waals surface area contributed by atoms with E-state index in [-0.39, 0.29) is 5.91 Å². The molecule has 0 radical (unpaired) electrons. The van der Waals surface area contributed by atoms with Gasteiger partial charge in [0.1, 0.15) is 11.5 Å². The highest BCUT2D eigenvalue weighted by atomic mass is 79.9. The van der Waals surface area contributed by atoms with E-state index in [1.54, 1.807) is 4.90 Å². The molecule has 4 rings (SSSR count). The van der Waals surface area contributed by atoms with Crippen LogP contribution in [0.2, 0.25) is 0 Å². The Balaban J connectivity index is 1.81. The van der Waals surface area contributed by atoms with Gasteiger partial charge in [-0.15, -0.1) is 0 Å². The van der Waals surface area contributed by atoms with Gasteiger partial charge in [-0.25, -0.2) is 4.99 Å². The molecule has 1 aliphatic rings. The predicted octanol–water partition coefficient (Wildman–Crippen LogP) is 6.35. The maximum atomic E-state index is 13.2. The Kier molecular flexibility index (Phi) is 5.29. The molecule has 0 saturated carbocycles. The van der Waals surface area contributed by atoms with Gasteiger partial charge < -0.3 is 0 Å². The van der Waals surface area contributed by atoms with Crippen molar-refractivity contribution in [3.05, 3.63) is 104 Å². The highest BCUT2D eigenvalue weighted by Gasteiger charge is 2.32. The molecule has 0 saturated heterocycles. The van der Waals surface area contributed by atoms with Crippen LogP contribution < -0.4 is 4.90 Å². The monoisotopic (exact) mass is 494 g/mol. The highest BCUT2D eigenvalue weighted by Crippen LogP contribution is 2.29. The van der Waals surface area contributed by atoms with E-state index in [4.69, 9.17) is 4.99 Å². The molecule has 1 aliphatic heterocycles. The number of aliphatic imine (C=N–C) groups is 1. The summed E-state index contributed by atoms with van der Waals surface area (Å²) in [6.07, 6.45) is 1.82. The van der Waals surface area contributed by atoms with Crippen molar-refractivity contribution in [3.63, 3.8) is 0 Å². The zero-order valence-electron chi connectivity index (χ0n) is 15.1. The lowest BCUT2D eigenvalue weighted by Gasteiger charge is -2.18. The Morgan fingerprint density at radius 1 is 0.821 bits per heavy atom. The Morgan fingerprint density at radius 3 is 2.00 bits per heavy atom. The van der Waals surface area contributed by atoms with Gasteiger partial charge in [-0.2, -0.15) is 0 Å². The average Bonchev–Trinajstić information content (AvgIpc) is 3.01. The molecule has 3 aromatic carbocycles. The lowest BCUT2D eigenvalue weighted by molar-refractivity contribution is -0.113. The fourth-order valence-corrected chi connectivity index (χ4v) is 3.49. The normalized spacial score (nSPS) is 15.2. The van der Waals surface area contributed by atoms with E-state index in [0.29, 0.717) is 11.5 Å². The number of benzene rings is 3. The summed E-state index contributed by atoms with van der Waals surface area (Å²) in [5, 5.41) is 0. The number of carbonyl (C=O) groups is 1. The molecule has 138 valence electrons. The zero-order valence-corrected chi connectivity index (χ0v) is 18.2. The van der Waals surface area contributed by atoms with Crippen LogP contribution in [-0.4, -0.2) is 11.7 Å². The van der Waals surface area contributed by atoms with Gasteiger partial charge in [-0.1, -0.05) is 73.8 Å². The van der Waals surface area contributed by atoms with Crippen LogP contribution in [0.25, 0.3) is 6.08 Å². The second-order valence-corrected chi connectivity index (χ2v) is 8.33. The largest absolute Gasteiger partial charge is 0.282 e. The van der Waals surface area contributed by atoms with Crippen molar-refractivity contribution < 1.29 is 4.79 Å². The van der Waals surface area contributed by atoms with Crippen molar-refractivity contribution in [1.29, 1.82) is 0 Å². The van der Waals surface area contributed by atoms with Crippen molar-refractivity contribution in [2.24, 2.45) is 4.99 Å². The lowest BCUT2D eigenvalue weighted by Crippen LogP contribution is -2.32. The smallest absolute Gasteiger partial charge is 0.266 e. The molecular formula is C23H16Br2N2O. The number of amidine groups is 1. The summed E-state index contributed by atoms with van der Waals surface area (Å²) in [7, 11) is 0. The van der Waals surface area contributed by atoms with Crippen molar-refractivity contribution in [2.75, 3.05) is 4.90 Å². The molecule has 0 unspecified atom stereocenters. The second-order valence-electron chi connectivity index (χ2n) is 6.50. The molecule has 5 heteroatoms. The third-order valence-corrected chi connectivity index (χ3v) is 5.49. The van der Waals surface area contributed by atoms with E-state index >= 15 is 0 Å². The van der Waals surface area contributed by atoms with Crippen LogP contribution in [-0.2, 0) is 4.79 Å². The molecule has 28 heavy (non-hydrogen) atoms. The first-order chi connectivity index (χ1) is 13.5. The predicted molar refractivity (Wildman–Crippen MR) is 121 cm³/mol. The summed E-state index contributed by atoms with van der Waals surface area (Å²) in [6.45, 7) is 2.04. The molecule has 0 bridgehead atoms. The summed E-state index contributed by atoms with van der Waals surface area (Å²) in [5.74, 6) is 0.497. The van der Waals surface area contributed by atoms with E-state index in [1.807, 2.05) is 85.8 Å². The number of halogens is 2. The quantitative estimate of drug-likeness (QED) is 0.389. The number of hydrogen-bond donors (Lipinski definition) is 0. The summed E-state index contributed by atoms with van der Waals surface area (Å²) < 4.78 is 1.95. The van der Waals surface area contributed by atoms with Crippen molar-refractivity contribution >= 4 is 55.4 Å². The molecule has 0 fully saturated rings. The number of aryl methyl sites for hydroxylation is 1. The van der Waals surface area contributed by atoms with Crippen LogP contribution >= 0.6 is 31.9 Å². The Hall–Kier alpha value is -2.50. The standard InChI is InChI=1S/C23H16Br2N2O/c1-15-2-6-17(7-3-15)22-26-21(14-16-4-8-18(24)9-5-16)23(28)27(22)20-12-10-19(25)11-13-20/h2-14H,1H3. The first-order valence-electron chi connectivity index (χ1n) is 8.74. The maximum absolute atomic E-state index is 13.2. The Labute approximate surface area is 180 Å². The summed E-state index contributed by atoms with van der Waals surface area (Å²) in [5.41, 5.74) is 4.19. The minimum absolute atomic E-state index is 0.138. The number of hydrogen-bond acceptors (Lipinski definition) is 2. The summed E-state index contributed by atoms with van der Waals surface area (Å²) in [4.78, 5) is 19.6. The van der Waals surface area contributed by atoms with Crippen molar-refractivity contribution in [2.45, 2.75) is 6.92 Å². The van der Waals surface area contributed by atoms with Gasteiger partial charge in [-0.3, -0.25) is 9.69 Å². The van der Waals surface area contributed by atoms with Crippen LogP contribution in [0.1, 0.15) is 16.7 Å². The third kappa shape index (κ3) is 3.86. The van der Waals surface area contributed by atoms with Crippen molar-refractivity contribution in [3.8, 4) is 0 Å². The van der Waals surface area contributed by atoms with Gasteiger partial charge in [0, 0.05) is 14.5 Å². The first kappa shape index (κ1) is 18.8. The first-order valence-corrected chi connectivity index (χ1v) is 10.3. The number of nitrogens with zero attached hydrogens (tertiary/aromatic N) is 2. The van der Waals surface area contributed by atoms with Crippen LogP contribution in [0.4, 0.5) is 5.69 Å². The van der Waals surface area contributed by atoms with E-state index in [0.717, 1.165) is 31.3 Å². The molecule has 0 atom stereocenters. The minimum Gasteiger partial charge on any atom is -0.266 e. The molecule has 0 aromatic heterocycles. The van der Waals surface area contributed by atoms with Crippen LogP contribution in [0, 0.1) is 6.92 Å². The average molecular weight is 496 g/mol. The zero-order chi connectivity index (χ0) is 19.7. The highest BCUT2D eigenvalue weighted by molar-refractivity contribution is 9.10. The topological polar surface area (TPSA) is 32.7 Å². The minimum atomic E-state index is -0.138. The molecule has 3 aromatic rings.